The quantitative estimate of drug-likeness (QED) is 0.0194. The number of aryl methyl sites for hydroxylation is 1. The van der Waals surface area contributed by atoms with Crippen LogP contribution in [0.25, 0.3) is 0 Å². The van der Waals surface area contributed by atoms with Gasteiger partial charge >= 0.3 is 11.7 Å². The van der Waals surface area contributed by atoms with Crippen molar-refractivity contribution >= 4 is 51.0 Å². The van der Waals surface area contributed by atoms with Crippen molar-refractivity contribution in [2.75, 3.05) is 48.3 Å². The molecule has 5 rings (SSSR count). The predicted molar refractivity (Wildman–Crippen MR) is 263 cm³/mol. The first-order valence-electron chi connectivity index (χ1n) is 23.3. The Morgan fingerprint density at radius 1 is 0.818 bits per heavy atom. The summed E-state index contributed by atoms with van der Waals surface area (Å²) < 4.78 is 36.3. The van der Waals surface area contributed by atoms with Crippen molar-refractivity contribution in [3.8, 4) is 0 Å². The number of amides is 1. The molecule has 0 bridgehead atoms. The SMILES string of the molecule is CCCCN1C(=CC=CC=CC=CC2=[N+](CCCCCC(=O)NCCCNc3nc(NCCCCCC(=O)O)[nH]c(=O)n3)c3ccc(S(=O)(=O)O)cc3C2(C)C)C(C)(C)c2cc(C)ccc21. The van der Waals surface area contributed by atoms with E-state index in [0.29, 0.717) is 51.9 Å². The van der Waals surface area contributed by atoms with Gasteiger partial charge in [0.1, 0.15) is 6.54 Å². The molecule has 2 aromatic carbocycles. The van der Waals surface area contributed by atoms with Crippen LogP contribution in [0.15, 0.2) is 94.3 Å². The monoisotopic (exact) mass is 926 g/mol. The summed E-state index contributed by atoms with van der Waals surface area (Å²) in [6.07, 6.45) is 22.1. The minimum atomic E-state index is -4.39. The Hall–Kier alpha value is -5.87. The number of carboxylic acid groups (broad SMARTS) is 1. The lowest BCUT2D eigenvalue weighted by atomic mass is 9.81. The second-order valence-corrected chi connectivity index (χ2v) is 19.5. The van der Waals surface area contributed by atoms with Gasteiger partial charge in [-0.3, -0.25) is 19.1 Å². The Balaban J connectivity index is 1.13. The highest BCUT2D eigenvalue weighted by molar-refractivity contribution is 7.85. The molecule has 0 saturated heterocycles. The largest absolute Gasteiger partial charge is 0.481 e. The van der Waals surface area contributed by atoms with Gasteiger partial charge in [-0.05, 0) is 89.1 Å². The van der Waals surface area contributed by atoms with Gasteiger partial charge in [0.05, 0.1) is 10.3 Å². The number of aromatic nitrogens is 3. The van der Waals surface area contributed by atoms with Crippen LogP contribution in [0, 0.1) is 6.92 Å². The molecule has 1 amide bonds. The average Bonchev–Trinajstić information content (AvgIpc) is 3.59. The lowest BCUT2D eigenvalue weighted by molar-refractivity contribution is -0.438. The maximum atomic E-state index is 12.7. The molecule has 356 valence electrons. The Kier molecular flexibility index (Phi) is 18.2. The molecule has 16 heteroatoms. The van der Waals surface area contributed by atoms with Gasteiger partial charge in [-0.1, -0.05) is 81.7 Å². The summed E-state index contributed by atoms with van der Waals surface area (Å²) in [4.78, 5) is 48.3. The van der Waals surface area contributed by atoms with Crippen molar-refractivity contribution in [3.63, 3.8) is 0 Å². The molecular weight excluding hydrogens is 857 g/mol. The smallest absolute Gasteiger partial charge is 0.350 e. The van der Waals surface area contributed by atoms with E-state index in [2.05, 4.69) is 118 Å². The van der Waals surface area contributed by atoms with E-state index in [4.69, 9.17) is 5.11 Å². The summed E-state index contributed by atoms with van der Waals surface area (Å²) in [7, 11) is -4.39. The third-order valence-electron chi connectivity index (χ3n) is 12.2. The van der Waals surface area contributed by atoms with Crippen molar-refractivity contribution in [1.82, 2.24) is 20.3 Å². The summed E-state index contributed by atoms with van der Waals surface area (Å²) in [6, 6.07) is 11.5. The van der Waals surface area contributed by atoms with Gasteiger partial charge < -0.3 is 26.0 Å². The molecule has 0 spiro atoms. The number of allylic oxidation sites excluding steroid dienone is 8. The molecule has 0 saturated carbocycles. The summed E-state index contributed by atoms with van der Waals surface area (Å²) in [5.74, 6) is -0.405. The van der Waals surface area contributed by atoms with Crippen LogP contribution in [0.4, 0.5) is 23.3 Å². The van der Waals surface area contributed by atoms with Crippen molar-refractivity contribution < 1.29 is 32.2 Å². The number of fused-ring (bicyclic) bond motifs is 2. The van der Waals surface area contributed by atoms with Gasteiger partial charge in [-0.15, -0.1) is 0 Å². The molecule has 1 aromatic heterocycles. The molecule has 2 aliphatic rings. The van der Waals surface area contributed by atoms with Crippen molar-refractivity contribution in [1.29, 1.82) is 0 Å². The van der Waals surface area contributed by atoms with Gasteiger partial charge in [0, 0.05) is 79.9 Å². The molecule has 6 N–H and O–H groups in total. The molecular formula is C50H69N8O7S+. The molecule has 0 unspecified atom stereocenters. The number of hydrogen-bond donors (Lipinski definition) is 6. The number of carbonyl (C=O) groups excluding carboxylic acids is 1. The zero-order valence-corrected chi connectivity index (χ0v) is 40.3. The number of benzene rings is 2. The third kappa shape index (κ3) is 13.8. The maximum absolute atomic E-state index is 12.7. The van der Waals surface area contributed by atoms with Crippen LogP contribution in [0.1, 0.15) is 122 Å². The minimum absolute atomic E-state index is 0.0455. The lowest BCUT2D eigenvalue weighted by Gasteiger charge is -2.27. The summed E-state index contributed by atoms with van der Waals surface area (Å²) in [5, 5.41) is 17.8. The number of unbranched alkanes of at least 4 members (excludes halogenated alkanes) is 5. The molecule has 0 atom stereocenters. The topological polar surface area (TPSA) is 210 Å². The lowest BCUT2D eigenvalue weighted by Crippen LogP contribution is -2.28. The number of H-pyrrole nitrogens is 1. The zero-order valence-electron chi connectivity index (χ0n) is 39.5. The molecule has 15 nitrogen and oxygen atoms in total. The Morgan fingerprint density at radius 2 is 1.55 bits per heavy atom. The van der Waals surface area contributed by atoms with Crippen LogP contribution in [0.3, 0.4) is 0 Å². The second-order valence-electron chi connectivity index (χ2n) is 18.0. The van der Waals surface area contributed by atoms with Crippen LogP contribution in [-0.4, -0.2) is 87.9 Å². The number of aliphatic carboxylic acids is 1. The van der Waals surface area contributed by atoms with E-state index >= 15 is 0 Å². The van der Waals surface area contributed by atoms with Crippen LogP contribution < -0.4 is 26.5 Å². The molecule has 0 fully saturated rings. The molecule has 2 aliphatic heterocycles. The molecule has 3 aromatic rings. The van der Waals surface area contributed by atoms with Crippen molar-refractivity contribution in [2.24, 2.45) is 0 Å². The van der Waals surface area contributed by atoms with Crippen molar-refractivity contribution in [2.45, 2.75) is 128 Å². The fraction of sp³-hybridized carbons (Fsp3) is 0.480. The van der Waals surface area contributed by atoms with E-state index in [1.165, 1.54) is 28.6 Å². The summed E-state index contributed by atoms with van der Waals surface area (Å²) >= 11 is 0. The average molecular weight is 926 g/mol. The number of rotatable bonds is 26. The van der Waals surface area contributed by atoms with Gasteiger partial charge in [0.2, 0.25) is 23.5 Å². The molecule has 0 radical (unpaired) electrons. The third-order valence-corrected chi connectivity index (χ3v) is 13.0. The molecule has 66 heavy (non-hydrogen) atoms. The van der Waals surface area contributed by atoms with E-state index in [1.54, 1.807) is 12.1 Å². The fourth-order valence-electron chi connectivity index (χ4n) is 8.56. The highest BCUT2D eigenvalue weighted by atomic mass is 32.2. The number of aromatic amines is 1. The first-order chi connectivity index (χ1) is 31.4. The van der Waals surface area contributed by atoms with E-state index in [1.807, 2.05) is 24.3 Å². The highest BCUT2D eigenvalue weighted by Crippen LogP contribution is 2.48. The van der Waals surface area contributed by atoms with Gasteiger partial charge in [-0.25, -0.2) is 4.79 Å². The number of hydrogen-bond acceptors (Lipinski definition) is 10. The van der Waals surface area contributed by atoms with Gasteiger partial charge in [0.25, 0.3) is 10.1 Å². The molecule has 0 aliphatic carbocycles. The highest BCUT2D eigenvalue weighted by Gasteiger charge is 2.45. The van der Waals surface area contributed by atoms with E-state index in [0.717, 1.165) is 62.0 Å². The maximum Gasteiger partial charge on any atom is 0.350 e. The van der Waals surface area contributed by atoms with Crippen LogP contribution in [0.2, 0.25) is 0 Å². The number of nitrogens with one attached hydrogen (secondary N) is 4. The predicted octanol–water partition coefficient (Wildman–Crippen LogP) is 8.48. The van der Waals surface area contributed by atoms with Gasteiger partial charge in [0.15, 0.2) is 5.71 Å². The van der Waals surface area contributed by atoms with Gasteiger partial charge in [-0.2, -0.15) is 23.0 Å². The standard InChI is InChI=1S/C50H68N8O7S/c1-7-8-32-57-40-27-25-36(2)34-38(40)49(3,4)42(57)21-14-10-9-11-15-22-43-50(5,6)39-35-37(66(63,64)65)26-28-41(39)58(43)33-19-13-16-23-44(59)51-30-20-31-53-47-54-46(55-48(62)56-47)52-29-18-12-17-24-45(60)61/h9-11,14-15,21-22,25-28,34-35H,7-8,12-13,16-20,23-24,29-33H2,1-6H3,(H5-,51,52,53,54,55,56,59,60,61,62,63,64,65)/p+1. The Labute approximate surface area is 390 Å². The Morgan fingerprint density at radius 3 is 2.30 bits per heavy atom. The van der Waals surface area contributed by atoms with Crippen molar-refractivity contribution in [3.05, 3.63) is 112 Å². The first-order valence-corrected chi connectivity index (χ1v) is 24.7. The fourth-order valence-corrected chi connectivity index (χ4v) is 9.06. The second kappa shape index (κ2) is 23.5. The zero-order chi connectivity index (χ0) is 47.9. The number of anilines is 3. The van der Waals surface area contributed by atoms with Crippen LogP contribution in [0.5, 0.6) is 0 Å². The van der Waals surface area contributed by atoms with Crippen LogP contribution in [-0.2, 0) is 30.5 Å². The van der Waals surface area contributed by atoms with E-state index < -0.39 is 27.2 Å². The molecule has 3 heterocycles. The first kappa shape index (κ1) is 51.1. The summed E-state index contributed by atoms with van der Waals surface area (Å²) in [6.45, 7) is 16.1. The number of nitrogens with zero attached hydrogens (tertiary/aromatic N) is 4. The minimum Gasteiger partial charge on any atom is -0.481 e. The van der Waals surface area contributed by atoms with E-state index in [-0.39, 0.29) is 34.5 Å². The summed E-state index contributed by atoms with van der Waals surface area (Å²) in [5.41, 5.74) is 6.69. The number of carboxylic acids is 1. The Bertz CT molecular complexity index is 2520. The van der Waals surface area contributed by atoms with E-state index in [9.17, 15) is 27.4 Å². The number of carbonyl (C=O) groups is 2. The normalized spacial score (nSPS) is 15.9. The van der Waals surface area contributed by atoms with Crippen LogP contribution >= 0.6 is 0 Å².